The van der Waals surface area contributed by atoms with E-state index in [-0.39, 0.29) is 17.4 Å². The van der Waals surface area contributed by atoms with Crippen LogP contribution in [0.4, 0.5) is 0 Å². The first kappa shape index (κ1) is 17.2. The summed E-state index contributed by atoms with van der Waals surface area (Å²) < 4.78 is 9.98. The number of fused-ring (bicyclic) bond motifs is 1. The van der Waals surface area contributed by atoms with Crippen LogP contribution in [0.3, 0.4) is 0 Å². The zero-order valence-corrected chi connectivity index (χ0v) is 14.4. The molecule has 134 valence electrons. The monoisotopic (exact) mass is 348 g/mol. The number of imide groups is 1. The van der Waals surface area contributed by atoms with Gasteiger partial charge in [0, 0.05) is 13.1 Å². The predicted molar refractivity (Wildman–Crippen MR) is 85.7 cm³/mol. The number of benzene rings is 1. The second-order valence-electron chi connectivity index (χ2n) is 6.49. The minimum Gasteiger partial charge on any atom is -0.504 e. The highest BCUT2D eigenvalue weighted by Crippen LogP contribution is 2.49. The molecule has 8 heteroatoms. The summed E-state index contributed by atoms with van der Waals surface area (Å²) >= 11 is 0. The van der Waals surface area contributed by atoms with Crippen molar-refractivity contribution in [3.8, 4) is 11.5 Å². The second-order valence-corrected chi connectivity index (χ2v) is 6.49. The van der Waals surface area contributed by atoms with Crippen LogP contribution in [0.25, 0.3) is 0 Å². The molecular weight excluding hydrogens is 328 g/mol. The number of methoxy groups -OCH3 is 2. The van der Waals surface area contributed by atoms with E-state index >= 15 is 0 Å². The molecule has 2 N–H and O–H groups in total. The quantitative estimate of drug-likeness (QED) is 0.594. The Labute approximate surface area is 144 Å². The fraction of sp³-hybridized carbons (Fsp3) is 0.471. The Morgan fingerprint density at radius 2 is 1.96 bits per heavy atom. The molecule has 0 spiro atoms. The highest BCUT2D eigenvalue weighted by atomic mass is 16.5. The summed E-state index contributed by atoms with van der Waals surface area (Å²) in [6, 6.07) is 4.07. The Balaban J connectivity index is 2.11. The average molecular weight is 348 g/mol. The number of rotatable bonds is 3. The van der Waals surface area contributed by atoms with Crippen LogP contribution in [0.5, 0.6) is 11.5 Å². The maximum absolute atomic E-state index is 12.6. The SMILES string of the molecule is COC(=O)[C@]1(C)N[C@H](c2ccc(O)c(OC)c2)[C@H]2C(=O)N(C)C(=O)[C@@H]21. The Bertz CT molecular complexity index is 764. The Kier molecular flexibility index (Phi) is 3.95. The van der Waals surface area contributed by atoms with E-state index in [4.69, 9.17) is 9.47 Å². The van der Waals surface area contributed by atoms with Crippen molar-refractivity contribution in [3.05, 3.63) is 23.8 Å². The summed E-state index contributed by atoms with van der Waals surface area (Å²) in [4.78, 5) is 38.6. The van der Waals surface area contributed by atoms with Gasteiger partial charge < -0.3 is 14.6 Å². The Morgan fingerprint density at radius 1 is 1.28 bits per heavy atom. The number of phenolic OH excluding ortho intramolecular Hbond substituents is 1. The molecule has 2 aliphatic heterocycles. The molecule has 1 aromatic rings. The number of nitrogens with one attached hydrogen (secondary N) is 1. The fourth-order valence-corrected chi connectivity index (χ4v) is 3.86. The molecule has 0 bridgehead atoms. The predicted octanol–water partition coefficient (Wildman–Crippen LogP) is 0.208. The standard InChI is InChI=1S/C17H20N2O6/c1-17(16(23)25-4)12-11(14(21)19(2)15(12)22)13(18-17)8-5-6-9(20)10(7-8)24-3/h5-7,11-13,18,20H,1-4H3/t11-,12+,13+,17+/m0/s1. The molecule has 2 heterocycles. The van der Waals surface area contributed by atoms with Crippen LogP contribution in [0, 0.1) is 11.8 Å². The van der Waals surface area contributed by atoms with E-state index in [2.05, 4.69) is 5.32 Å². The molecule has 1 aromatic carbocycles. The second kappa shape index (κ2) is 5.73. The van der Waals surface area contributed by atoms with E-state index in [1.165, 1.54) is 27.3 Å². The van der Waals surface area contributed by atoms with Crippen molar-refractivity contribution < 1.29 is 29.0 Å². The van der Waals surface area contributed by atoms with Crippen molar-refractivity contribution >= 4 is 17.8 Å². The van der Waals surface area contributed by atoms with Gasteiger partial charge in [0.1, 0.15) is 5.54 Å². The van der Waals surface area contributed by atoms with Crippen molar-refractivity contribution in [3.63, 3.8) is 0 Å². The number of nitrogens with zero attached hydrogens (tertiary/aromatic N) is 1. The summed E-state index contributed by atoms with van der Waals surface area (Å²) in [5.41, 5.74) is -0.694. The number of carbonyl (C=O) groups excluding carboxylic acids is 3. The van der Waals surface area contributed by atoms with Gasteiger partial charge in [0.25, 0.3) is 0 Å². The van der Waals surface area contributed by atoms with E-state index < -0.39 is 35.3 Å². The number of hydrogen-bond acceptors (Lipinski definition) is 7. The van der Waals surface area contributed by atoms with Gasteiger partial charge in [-0.3, -0.25) is 24.6 Å². The largest absolute Gasteiger partial charge is 0.504 e. The van der Waals surface area contributed by atoms with E-state index in [1.807, 2.05) is 0 Å². The van der Waals surface area contributed by atoms with Gasteiger partial charge in [0.2, 0.25) is 11.8 Å². The van der Waals surface area contributed by atoms with Crippen molar-refractivity contribution in [1.82, 2.24) is 10.2 Å². The lowest BCUT2D eigenvalue weighted by molar-refractivity contribution is -0.152. The van der Waals surface area contributed by atoms with E-state index in [1.54, 1.807) is 19.1 Å². The normalized spacial score (nSPS) is 31.2. The minimum atomic E-state index is -1.33. The van der Waals surface area contributed by atoms with Crippen LogP contribution in [0.15, 0.2) is 18.2 Å². The van der Waals surface area contributed by atoms with Crippen molar-refractivity contribution in [1.29, 1.82) is 0 Å². The Hall–Kier alpha value is -2.61. The first-order valence-electron chi connectivity index (χ1n) is 7.80. The highest BCUT2D eigenvalue weighted by molar-refractivity contribution is 6.09. The molecule has 0 aromatic heterocycles. The number of likely N-dealkylation sites (tertiary alicyclic amines) is 1. The van der Waals surface area contributed by atoms with Crippen LogP contribution in [-0.2, 0) is 19.1 Å². The first-order valence-corrected chi connectivity index (χ1v) is 7.80. The Morgan fingerprint density at radius 3 is 2.56 bits per heavy atom. The first-order chi connectivity index (χ1) is 11.8. The van der Waals surface area contributed by atoms with Crippen LogP contribution in [-0.4, -0.2) is 54.6 Å². The molecule has 2 aliphatic rings. The number of amides is 2. The average Bonchev–Trinajstić information content (AvgIpc) is 3.04. The van der Waals surface area contributed by atoms with Crippen LogP contribution in [0.1, 0.15) is 18.5 Å². The van der Waals surface area contributed by atoms with Gasteiger partial charge in [-0.15, -0.1) is 0 Å². The molecule has 0 radical (unpaired) electrons. The van der Waals surface area contributed by atoms with Gasteiger partial charge in [-0.05, 0) is 24.6 Å². The van der Waals surface area contributed by atoms with E-state index in [0.717, 1.165) is 4.90 Å². The van der Waals surface area contributed by atoms with Gasteiger partial charge in [0.15, 0.2) is 11.5 Å². The number of phenols is 1. The third-order valence-electron chi connectivity index (χ3n) is 5.18. The van der Waals surface area contributed by atoms with Gasteiger partial charge in [-0.1, -0.05) is 6.07 Å². The highest BCUT2D eigenvalue weighted by Gasteiger charge is 2.66. The van der Waals surface area contributed by atoms with Crippen LogP contribution < -0.4 is 10.1 Å². The molecule has 2 saturated heterocycles. The van der Waals surface area contributed by atoms with Crippen LogP contribution in [0.2, 0.25) is 0 Å². The maximum Gasteiger partial charge on any atom is 0.326 e. The van der Waals surface area contributed by atoms with Crippen molar-refractivity contribution in [2.75, 3.05) is 21.3 Å². The van der Waals surface area contributed by atoms with Gasteiger partial charge >= 0.3 is 5.97 Å². The smallest absolute Gasteiger partial charge is 0.326 e. The zero-order valence-electron chi connectivity index (χ0n) is 14.4. The minimum absolute atomic E-state index is 0.0394. The molecule has 4 atom stereocenters. The lowest BCUT2D eigenvalue weighted by Crippen LogP contribution is -2.53. The van der Waals surface area contributed by atoms with Crippen LogP contribution >= 0.6 is 0 Å². The summed E-state index contributed by atoms with van der Waals surface area (Å²) in [6.07, 6.45) is 0. The topological polar surface area (TPSA) is 105 Å². The third-order valence-corrected chi connectivity index (χ3v) is 5.18. The van der Waals surface area contributed by atoms with Gasteiger partial charge in [-0.25, -0.2) is 0 Å². The lowest BCUT2D eigenvalue weighted by atomic mass is 9.80. The molecule has 0 saturated carbocycles. The number of hydrogen-bond donors (Lipinski definition) is 2. The summed E-state index contributed by atoms with van der Waals surface area (Å²) in [6.45, 7) is 1.57. The number of aromatic hydroxyl groups is 1. The molecule has 25 heavy (non-hydrogen) atoms. The molecular formula is C17H20N2O6. The molecule has 0 unspecified atom stereocenters. The summed E-state index contributed by atoms with van der Waals surface area (Å²) in [5.74, 6) is -2.77. The fourth-order valence-electron chi connectivity index (χ4n) is 3.86. The zero-order chi connectivity index (χ0) is 18.5. The molecule has 2 fully saturated rings. The van der Waals surface area contributed by atoms with Crippen molar-refractivity contribution in [2.24, 2.45) is 11.8 Å². The maximum atomic E-state index is 12.6. The third kappa shape index (κ3) is 2.28. The number of carbonyl (C=O) groups is 3. The van der Waals surface area contributed by atoms with Gasteiger partial charge in [-0.2, -0.15) is 0 Å². The summed E-state index contributed by atoms with van der Waals surface area (Å²) in [7, 11) is 4.07. The number of esters is 1. The molecule has 8 nitrogen and oxygen atoms in total. The van der Waals surface area contributed by atoms with E-state index in [9.17, 15) is 19.5 Å². The molecule has 2 amide bonds. The molecule has 3 rings (SSSR count). The van der Waals surface area contributed by atoms with Crippen molar-refractivity contribution in [2.45, 2.75) is 18.5 Å². The summed E-state index contributed by atoms with van der Waals surface area (Å²) in [5, 5.41) is 12.9. The van der Waals surface area contributed by atoms with E-state index in [0.29, 0.717) is 5.56 Å². The lowest BCUT2D eigenvalue weighted by Gasteiger charge is -2.27. The van der Waals surface area contributed by atoms with Gasteiger partial charge in [0.05, 0.1) is 26.1 Å². The molecule has 0 aliphatic carbocycles. The number of ether oxygens (including phenoxy) is 2.